The molecule has 19 heavy (non-hydrogen) atoms. The summed E-state index contributed by atoms with van der Waals surface area (Å²) in [5, 5.41) is 4.35. The van der Waals surface area contributed by atoms with Gasteiger partial charge in [0.1, 0.15) is 5.75 Å². The third kappa shape index (κ3) is 3.22. The van der Waals surface area contributed by atoms with Crippen LogP contribution in [0.5, 0.6) is 5.75 Å². The Morgan fingerprint density at radius 1 is 1.21 bits per heavy atom. The number of benzene rings is 1. The quantitative estimate of drug-likeness (QED) is 0.921. The van der Waals surface area contributed by atoms with Gasteiger partial charge in [-0.05, 0) is 43.0 Å². The Kier molecular flexibility index (Phi) is 4.26. The Balaban J connectivity index is 1.57. The van der Waals surface area contributed by atoms with Crippen LogP contribution in [-0.4, -0.2) is 26.4 Å². The van der Waals surface area contributed by atoms with E-state index in [1.807, 2.05) is 12.1 Å². The van der Waals surface area contributed by atoms with Gasteiger partial charge in [-0.25, -0.2) is 0 Å². The Morgan fingerprint density at radius 2 is 2.05 bits per heavy atom. The van der Waals surface area contributed by atoms with Gasteiger partial charge in [-0.3, -0.25) is 0 Å². The van der Waals surface area contributed by atoms with Crippen molar-refractivity contribution in [3.63, 3.8) is 0 Å². The maximum atomic E-state index is 6.16. The monoisotopic (exact) mass is 281 g/mol. The van der Waals surface area contributed by atoms with Gasteiger partial charge in [0.25, 0.3) is 0 Å². The van der Waals surface area contributed by atoms with Crippen molar-refractivity contribution in [2.45, 2.75) is 25.8 Å². The second-order valence-electron chi connectivity index (χ2n) is 5.34. The van der Waals surface area contributed by atoms with Crippen molar-refractivity contribution >= 4 is 11.6 Å². The molecule has 0 radical (unpaired) electrons. The van der Waals surface area contributed by atoms with E-state index in [0.717, 1.165) is 68.9 Å². The molecule has 0 bridgehead atoms. The molecule has 3 nitrogen and oxygen atoms in total. The maximum Gasteiger partial charge on any atom is 0.127 e. The van der Waals surface area contributed by atoms with Crippen LogP contribution < -0.4 is 10.1 Å². The van der Waals surface area contributed by atoms with Gasteiger partial charge in [-0.15, -0.1) is 0 Å². The second kappa shape index (κ2) is 6.12. The number of halogens is 1. The molecule has 1 N–H and O–H groups in total. The summed E-state index contributed by atoms with van der Waals surface area (Å²) < 4.78 is 11.1. The Hall–Kier alpha value is -0.770. The van der Waals surface area contributed by atoms with E-state index < -0.39 is 0 Å². The summed E-state index contributed by atoms with van der Waals surface area (Å²) in [5.41, 5.74) is 2.43. The van der Waals surface area contributed by atoms with Crippen molar-refractivity contribution < 1.29 is 9.47 Å². The second-order valence-corrected chi connectivity index (χ2v) is 5.77. The molecule has 0 amide bonds. The zero-order valence-electron chi connectivity index (χ0n) is 11.1. The molecule has 0 aliphatic carbocycles. The summed E-state index contributed by atoms with van der Waals surface area (Å²) in [4.78, 5) is 0. The summed E-state index contributed by atoms with van der Waals surface area (Å²) in [6.07, 6.45) is 3.30. The molecule has 0 saturated carbocycles. The van der Waals surface area contributed by atoms with Crippen LogP contribution in [0.4, 0.5) is 0 Å². The lowest BCUT2D eigenvalue weighted by Gasteiger charge is -2.22. The zero-order chi connectivity index (χ0) is 13.1. The largest absolute Gasteiger partial charge is 0.493 e. The summed E-state index contributed by atoms with van der Waals surface area (Å²) >= 11 is 6.16. The van der Waals surface area contributed by atoms with E-state index in [1.54, 1.807) is 0 Å². The molecule has 0 atom stereocenters. The van der Waals surface area contributed by atoms with Crippen molar-refractivity contribution in [2.24, 2.45) is 5.92 Å². The first kappa shape index (κ1) is 13.2. The van der Waals surface area contributed by atoms with Crippen molar-refractivity contribution in [1.29, 1.82) is 0 Å². The molecule has 4 heteroatoms. The third-order valence-electron chi connectivity index (χ3n) is 3.91. The predicted molar refractivity (Wildman–Crippen MR) is 75.9 cm³/mol. The number of rotatable bonds is 4. The number of hydrogen-bond acceptors (Lipinski definition) is 3. The molecule has 2 heterocycles. The van der Waals surface area contributed by atoms with Crippen LogP contribution in [0.3, 0.4) is 0 Å². The average molecular weight is 282 g/mol. The molecule has 104 valence electrons. The first-order valence-corrected chi connectivity index (χ1v) is 7.43. The Bertz CT molecular complexity index is 444. The van der Waals surface area contributed by atoms with Crippen molar-refractivity contribution in [2.75, 3.05) is 26.4 Å². The fourth-order valence-electron chi connectivity index (χ4n) is 2.84. The SMILES string of the molecule is Clc1cc2c(c(CNCC3CCOCC3)c1)OCC2. The summed E-state index contributed by atoms with van der Waals surface area (Å²) in [6, 6.07) is 4.04. The topological polar surface area (TPSA) is 30.5 Å². The first-order chi connectivity index (χ1) is 9.33. The molecular formula is C15H20ClNO2. The minimum atomic E-state index is 0.738. The molecule has 2 aliphatic heterocycles. The van der Waals surface area contributed by atoms with Crippen LogP contribution in [0, 0.1) is 5.92 Å². The van der Waals surface area contributed by atoms with Gasteiger partial charge in [0, 0.05) is 36.8 Å². The minimum absolute atomic E-state index is 0.738. The highest BCUT2D eigenvalue weighted by molar-refractivity contribution is 6.30. The zero-order valence-corrected chi connectivity index (χ0v) is 11.8. The van der Waals surface area contributed by atoms with Gasteiger partial charge in [-0.2, -0.15) is 0 Å². The molecule has 2 aliphatic rings. The van der Waals surface area contributed by atoms with Crippen LogP contribution >= 0.6 is 11.6 Å². The minimum Gasteiger partial charge on any atom is -0.493 e. The summed E-state index contributed by atoms with van der Waals surface area (Å²) in [5.74, 6) is 1.78. The predicted octanol–water partition coefficient (Wildman–Crippen LogP) is 2.79. The third-order valence-corrected chi connectivity index (χ3v) is 4.13. The number of ether oxygens (including phenoxy) is 2. The highest BCUT2D eigenvalue weighted by Crippen LogP contribution is 2.32. The summed E-state index contributed by atoms with van der Waals surface area (Å²) in [6.45, 7) is 4.47. The lowest BCUT2D eigenvalue weighted by atomic mass is 10.0. The maximum absolute atomic E-state index is 6.16. The standard InChI is InChI=1S/C15H20ClNO2/c16-14-7-12-3-6-19-15(12)13(8-14)10-17-9-11-1-4-18-5-2-11/h7-8,11,17H,1-6,9-10H2. The molecule has 3 rings (SSSR count). The van der Waals surface area contributed by atoms with E-state index in [-0.39, 0.29) is 0 Å². The Morgan fingerprint density at radius 3 is 2.89 bits per heavy atom. The van der Waals surface area contributed by atoms with Gasteiger partial charge in [0.15, 0.2) is 0 Å². The van der Waals surface area contributed by atoms with Crippen molar-refractivity contribution in [3.05, 3.63) is 28.3 Å². The highest BCUT2D eigenvalue weighted by atomic mass is 35.5. The molecule has 1 aromatic rings. The number of fused-ring (bicyclic) bond motifs is 1. The van der Waals surface area contributed by atoms with E-state index in [1.165, 1.54) is 11.1 Å². The number of hydrogen-bond donors (Lipinski definition) is 1. The van der Waals surface area contributed by atoms with E-state index >= 15 is 0 Å². The van der Waals surface area contributed by atoms with Crippen molar-refractivity contribution in [1.82, 2.24) is 5.32 Å². The van der Waals surface area contributed by atoms with Crippen LogP contribution in [0.2, 0.25) is 5.02 Å². The smallest absolute Gasteiger partial charge is 0.127 e. The molecule has 1 fully saturated rings. The fraction of sp³-hybridized carbons (Fsp3) is 0.600. The van der Waals surface area contributed by atoms with Crippen LogP contribution in [0.25, 0.3) is 0 Å². The Labute approximate surface area is 119 Å². The van der Waals surface area contributed by atoms with Crippen LogP contribution in [0.15, 0.2) is 12.1 Å². The molecule has 1 saturated heterocycles. The van der Waals surface area contributed by atoms with E-state index in [4.69, 9.17) is 21.1 Å². The molecule has 1 aromatic carbocycles. The van der Waals surface area contributed by atoms with Crippen LogP contribution in [-0.2, 0) is 17.7 Å². The molecular weight excluding hydrogens is 262 g/mol. The molecule has 0 unspecified atom stereocenters. The number of nitrogens with one attached hydrogen (secondary N) is 1. The van der Waals surface area contributed by atoms with Gasteiger partial charge in [0.05, 0.1) is 6.61 Å². The highest BCUT2D eigenvalue weighted by Gasteiger charge is 2.18. The van der Waals surface area contributed by atoms with E-state index in [9.17, 15) is 0 Å². The normalized spacial score (nSPS) is 19.2. The lowest BCUT2D eigenvalue weighted by molar-refractivity contribution is 0.0662. The van der Waals surface area contributed by atoms with E-state index in [2.05, 4.69) is 5.32 Å². The molecule has 0 spiro atoms. The van der Waals surface area contributed by atoms with Gasteiger partial charge in [0.2, 0.25) is 0 Å². The van der Waals surface area contributed by atoms with E-state index in [0.29, 0.717) is 0 Å². The van der Waals surface area contributed by atoms with Crippen LogP contribution in [0.1, 0.15) is 24.0 Å². The van der Waals surface area contributed by atoms with Gasteiger partial charge in [-0.1, -0.05) is 11.6 Å². The summed E-state index contributed by atoms with van der Waals surface area (Å²) in [7, 11) is 0. The first-order valence-electron chi connectivity index (χ1n) is 7.05. The van der Waals surface area contributed by atoms with Gasteiger partial charge >= 0.3 is 0 Å². The van der Waals surface area contributed by atoms with Gasteiger partial charge < -0.3 is 14.8 Å². The fourth-order valence-corrected chi connectivity index (χ4v) is 3.10. The molecule has 0 aromatic heterocycles. The van der Waals surface area contributed by atoms with Crippen molar-refractivity contribution in [3.8, 4) is 5.75 Å². The lowest BCUT2D eigenvalue weighted by Crippen LogP contribution is -2.27. The average Bonchev–Trinajstić information content (AvgIpc) is 2.88.